The molecule has 8 heteroatoms. The minimum absolute atomic E-state index is 0.0289. The number of sulfone groups is 1. The third-order valence-corrected chi connectivity index (χ3v) is 7.81. The van der Waals surface area contributed by atoms with Gasteiger partial charge in [0, 0.05) is 24.8 Å². The number of hydrogen-bond donors (Lipinski definition) is 1. The Kier molecular flexibility index (Phi) is 3.50. The first-order chi connectivity index (χ1) is 9.79. The first kappa shape index (κ1) is 14.8. The van der Waals surface area contributed by atoms with E-state index in [0.29, 0.717) is 0 Å². The Labute approximate surface area is 125 Å². The predicted molar refractivity (Wildman–Crippen MR) is 80.6 cm³/mol. The number of fused-ring (bicyclic) bond motifs is 1. The molecule has 6 nitrogen and oxygen atoms in total. The standard InChI is InChI=1S/C13H18N2O4S2/c1-10-9-20(16,17)7-6-15(10)21(18,19)12-2-3-13-11(8-12)4-5-14-13/h2-3,8,10,14H,4-7,9H2,1H3. The van der Waals surface area contributed by atoms with Gasteiger partial charge in [0.15, 0.2) is 9.84 Å². The molecule has 3 rings (SSSR count). The Hall–Kier alpha value is -1.12. The van der Waals surface area contributed by atoms with Gasteiger partial charge in [0.2, 0.25) is 10.0 Å². The molecule has 2 aliphatic rings. The lowest BCUT2D eigenvalue weighted by Crippen LogP contribution is -2.49. The Morgan fingerprint density at radius 2 is 2.10 bits per heavy atom. The van der Waals surface area contributed by atoms with Crippen molar-refractivity contribution < 1.29 is 16.8 Å². The second-order valence-electron chi connectivity index (χ2n) is 5.57. The number of benzene rings is 1. The van der Waals surface area contributed by atoms with Gasteiger partial charge in [-0.2, -0.15) is 4.31 Å². The summed E-state index contributed by atoms with van der Waals surface area (Å²) in [6.07, 6.45) is 0.808. The van der Waals surface area contributed by atoms with E-state index in [-0.39, 0.29) is 22.9 Å². The smallest absolute Gasteiger partial charge is 0.243 e. The van der Waals surface area contributed by atoms with E-state index in [9.17, 15) is 16.8 Å². The lowest BCUT2D eigenvalue weighted by Gasteiger charge is -2.32. The number of anilines is 1. The molecule has 1 aromatic rings. The summed E-state index contributed by atoms with van der Waals surface area (Å²) in [5, 5.41) is 3.19. The monoisotopic (exact) mass is 330 g/mol. The zero-order valence-corrected chi connectivity index (χ0v) is 13.4. The quantitative estimate of drug-likeness (QED) is 0.852. The molecule has 0 amide bonds. The van der Waals surface area contributed by atoms with Gasteiger partial charge < -0.3 is 5.32 Å². The molecule has 0 aliphatic carbocycles. The van der Waals surface area contributed by atoms with E-state index in [0.717, 1.165) is 24.2 Å². The van der Waals surface area contributed by atoms with Crippen molar-refractivity contribution >= 4 is 25.5 Å². The summed E-state index contributed by atoms with van der Waals surface area (Å²) in [6, 6.07) is 4.53. The summed E-state index contributed by atoms with van der Waals surface area (Å²) in [5.74, 6) is -0.220. The van der Waals surface area contributed by atoms with Gasteiger partial charge in [-0.15, -0.1) is 0 Å². The van der Waals surface area contributed by atoms with E-state index in [4.69, 9.17) is 0 Å². The van der Waals surface area contributed by atoms with E-state index in [1.54, 1.807) is 25.1 Å². The van der Waals surface area contributed by atoms with Crippen LogP contribution in [0.1, 0.15) is 12.5 Å². The summed E-state index contributed by atoms with van der Waals surface area (Å²) in [6.45, 7) is 2.49. The van der Waals surface area contributed by atoms with Crippen LogP contribution in [0.2, 0.25) is 0 Å². The summed E-state index contributed by atoms with van der Waals surface area (Å²) in [7, 11) is -6.77. The molecule has 0 radical (unpaired) electrons. The summed E-state index contributed by atoms with van der Waals surface area (Å²) in [5.41, 5.74) is 1.97. The Bertz CT molecular complexity index is 771. The van der Waals surface area contributed by atoms with Gasteiger partial charge in [0.05, 0.1) is 16.4 Å². The fraction of sp³-hybridized carbons (Fsp3) is 0.538. The molecule has 1 fully saturated rings. The van der Waals surface area contributed by atoms with Gasteiger partial charge in [-0.25, -0.2) is 16.8 Å². The number of nitrogens with zero attached hydrogens (tertiary/aromatic N) is 1. The predicted octanol–water partition coefficient (Wildman–Crippen LogP) is 0.462. The average molecular weight is 330 g/mol. The van der Waals surface area contributed by atoms with Crippen LogP contribution in [-0.2, 0) is 26.3 Å². The van der Waals surface area contributed by atoms with E-state index in [2.05, 4.69) is 5.32 Å². The zero-order valence-electron chi connectivity index (χ0n) is 11.7. The summed E-state index contributed by atoms with van der Waals surface area (Å²) in [4.78, 5) is 0.246. The van der Waals surface area contributed by atoms with Crippen molar-refractivity contribution in [3.05, 3.63) is 23.8 Å². The molecule has 0 spiro atoms. The molecule has 0 bridgehead atoms. The second kappa shape index (κ2) is 4.96. The van der Waals surface area contributed by atoms with Crippen LogP contribution in [0.25, 0.3) is 0 Å². The van der Waals surface area contributed by atoms with Crippen molar-refractivity contribution in [2.24, 2.45) is 0 Å². The maximum Gasteiger partial charge on any atom is 0.243 e. The fourth-order valence-corrected chi connectivity index (χ4v) is 6.37. The molecular weight excluding hydrogens is 312 g/mol. The zero-order chi connectivity index (χ0) is 15.3. The molecule has 1 saturated heterocycles. The molecule has 2 heterocycles. The van der Waals surface area contributed by atoms with Crippen LogP contribution in [0.15, 0.2) is 23.1 Å². The van der Waals surface area contributed by atoms with Crippen LogP contribution < -0.4 is 5.32 Å². The van der Waals surface area contributed by atoms with Crippen LogP contribution >= 0.6 is 0 Å². The first-order valence-corrected chi connectivity index (χ1v) is 10.1. The normalized spacial score (nSPS) is 25.3. The summed E-state index contributed by atoms with van der Waals surface area (Å²) < 4.78 is 49.9. The largest absolute Gasteiger partial charge is 0.384 e. The lowest BCUT2D eigenvalue weighted by molar-refractivity contribution is 0.357. The highest BCUT2D eigenvalue weighted by Crippen LogP contribution is 2.28. The van der Waals surface area contributed by atoms with Crippen LogP contribution in [0.4, 0.5) is 5.69 Å². The van der Waals surface area contributed by atoms with Crippen molar-refractivity contribution in [1.29, 1.82) is 0 Å². The highest BCUT2D eigenvalue weighted by Gasteiger charge is 2.36. The van der Waals surface area contributed by atoms with Gasteiger partial charge in [0.1, 0.15) is 0 Å². The van der Waals surface area contributed by atoms with Gasteiger partial charge in [0.25, 0.3) is 0 Å². The van der Waals surface area contributed by atoms with E-state index < -0.39 is 25.9 Å². The Morgan fingerprint density at radius 3 is 2.81 bits per heavy atom. The van der Waals surface area contributed by atoms with Crippen molar-refractivity contribution in [3.63, 3.8) is 0 Å². The number of rotatable bonds is 2. The third-order valence-electron chi connectivity index (χ3n) is 4.00. The Balaban J connectivity index is 1.94. The van der Waals surface area contributed by atoms with Crippen LogP contribution in [-0.4, -0.2) is 51.8 Å². The van der Waals surface area contributed by atoms with Gasteiger partial charge >= 0.3 is 0 Å². The van der Waals surface area contributed by atoms with Gasteiger partial charge in [-0.05, 0) is 37.1 Å². The SMILES string of the molecule is CC1CS(=O)(=O)CCN1S(=O)(=O)c1ccc2c(c1)CCN2. The molecule has 1 unspecified atom stereocenters. The van der Waals surface area contributed by atoms with Crippen LogP contribution in [0.5, 0.6) is 0 Å². The number of hydrogen-bond acceptors (Lipinski definition) is 5. The molecule has 1 atom stereocenters. The molecule has 0 saturated carbocycles. The topological polar surface area (TPSA) is 83.6 Å². The lowest BCUT2D eigenvalue weighted by atomic mass is 10.2. The number of sulfonamides is 1. The molecule has 1 N–H and O–H groups in total. The van der Waals surface area contributed by atoms with Crippen molar-refractivity contribution in [3.8, 4) is 0 Å². The molecule has 2 aliphatic heterocycles. The van der Waals surface area contributed by atoms with E-state index in [1.807, 2.05) is 0 Å². The average Bonchev–Trinajstić information content (AvgIpc) is 2.84. The van der Waals surface area contributed by atoms with Crippen molar-refractivity contribution in [1.82, 2.24) is 4.31 Å². The third kappa shape index (κ3) is 2.67. The van der Waals surface area contributed by atoms with Crippen LogP contribution in [0, 0.1) is 0 Å². The minimum atomic E-state index is -3.64. The molecule has 1 aromatic carbocycles. The molecule has 21 heavy (non-hydrogen) atoms. The minimum Gasteiger partial charge on any atom is -0.384 e. The van der Waals surface area contributed by atoms with Crippen molar-refractivity contribution in [2.45, 2.75) is 24.3 Å². The van der Waals surface area contributed by atoms with Crippen molar-refractivity contribution in [2.75, 3.05) is 29.9 Å². The van der Waals surface area contributed by atoms with E-state index >= 15 is 0 Å². The second-order valence-corrected chi connectivity index (χ2v) is 9.69. The highest BCUT2D eigenvalue weighted by molar-refractivity contribution is 7.92. The van der Waals surface area contributed by atoms with Gasteiger partial charge in [-0.1, -0.05) is 0 Å². The molecule has 0 aromatic heterocycles. The first-order valence-electron chi connectivity index (χ1n) is 6.89. The highest BCUT2D eigenvalue weighted by atomic mass is 32.2. The maximum atomic E-state index is 12.7. The Morgan fingerprint density at radius 1 is 1.33 bits per heavy atom. The van der Waals surface area contributed by atoms with Gasteiger partial charge in [-0.3, -0.25) is 0 Å². The van der Waals surface area contributed by atoms with E-state index in [1.165, 1.54) is 4.31 Å². The molecular formula is C13H18N2O4S2. The maximum absolute atomic E-state index is 12.7. The molecule has 116 valence electrons. The summed E-state index contributed by atoms with van der Waals surface area (Å²) >= 11 is 0. The number of nitrogens with one attached hydrogen (secondary N) is 1. The van der Waals surface area contributed by atoms with Crippen LogP contribution in [0.3, 0.4) is 0 Å². The fourth-order valence-electron chi connectivity index (χ4n) is 2.92.